The normalized spacial score (nSPS) is 12.1. The molecule has 0 aliphatic carbocycles. The molecule has 0 saturated heterocycles. The summed E-state index contributed by atoms with van der Waals surface area (Å²) in [6.07, 6.45) is 4.74. The predicted octanol–water partition coefficient (Wildman–Crippen LogP) is 3.48. The third kappa shape index (κ3) is 5.18. The number of aryl methyl sites for hydroxylation is 1. The molecule has 1 aromatic heterocycles. The van der Waals surface area contributed by atoms with Crippen molar-refractivity contribution in [2.45, 2.75) is 6.92 Å². The van der Waals surface area contributed by atoms with Crippen LogP contribution in [0.2, 0.25) is 0 Å². The van der Waals surface area contributed by atoms with Gasteiger partial charge in [0.25, 0.3) is 0 Å². The van der Waals surface area contributed by atoms with Crippen molar-refractivity contribution < 1.29 is 9.90 Å². The Morgan fingerprint density at radius 2 is 1.88 bits per heavy atom. The summed E-state index contributed by atoms with van der Waals surface area (Å²) in [6, 6.07) is 13.9. The Bertz CT molecular complexity index is 759. The summed E-state index contributed by atoms with van der Waals surface area (Å²) in [5.74, 6) is -0.982. The lowest BCUT2D eigenvalue weighted by molar-refractivity contribution is -0.131. The first-order valence-electron chi connectivity index (χ1n) is 7.76. The summed E-state index contributed by atoms with van der Waals surface area (Å²) in [6.45, 7) is 2.85. The van der Waals surface area contributed by atoms with Gasteiger partial charge < -0.3 is 10.0 Å². The average Bonchev–Trinajstić information content (AvgIpc) is 2.55. The maximum atomic E-state index is 10.7. The molecule has 0 saturated carbocycles. The number of carbonyl (C=O) groups is 1. The smallest absolute Gasteiger partial charge is 0.328 e. The fraction of sp³-hybridized carbons (Fsp3) is 0.200. The van der Waals surface area contributed by atoms with E-state index >= 15 is 0 Å². The Kier molecular flexibility index (Phi) is 6.04. The molecule has 0 aliphatic heterocycles. The lowest BCUT2D eigenvalue weighted by Gasteiger charge is -2.12. The molecule has 0 atom stereocenters. The molecular formula is C20H22N2O2. The molecule has 0 unspecified atom stereocenters. The number of aliphatic carboxylic acids is 1. The summed E-state index contributed by atoms with van der Waals surface area (Å²) >= 11 is 0. The van der Waals surface area contributed by atoms with Crippen molar-refractivity contribution in [3.05, 3.63) is 77.1 Å². The molecule has 0 fully saturated rings. The number of benzene rings is 1. The van der Waals surface area contributed by atoms with Crippen LogP contribution in [0, 0.1) is 6.92 Å². The highest BCUT2D eigenvalue weighted by Gasteiger charge is 2.07. The Morgan fingerprint density at radius 1 is 1.17 bits per heavy atom. The summed E-state index contributed by atoms with van der Waals surface area (Å²) < 4.78 is 0. The van der Waals surface area contributed by atoms with Crippen molar-refractivity contribution in [3.8, 4) is 0 Å². The van der Waals surface area contributed by atoms with Crippen LogP contribution in [0.1, 0.15) is 22.5 Å². The monoisotopic (exact) mass is 322 g/mol. The van der Waals surface area contributed by atoms with E-state index in [-0.39, 0.29) is 0 Å². The second kappa shape index (κ2) is 8.22. The van der Waals surface area contributed by atoms with Gasteiger partial charge in [0.05, 0.1) is 11.4 Å². The van der Waals surface area contributed by atoms with E-state index in [2.05, 4.69) is 47.1 Å². The number of hydrogen-bond donors (Lipinski definition) is 1. The third-order valence-corrected chi connectivity index (χ3v) is 3.47. The van der Waals surface area contributed by atoms with E-state index in [1.807, 2.05) is 26.2 Å². The third-order valence-electron chi connectivity index (χ3n) is 3.47. The van der Waals surface area contributed by atoms with Crippen LogP contribution < -0.4 is 0 Å². The zero-order valence-corrected chi connectivity index (χ0v) is 14.2. The van der Waals surface area contributed by atoms with Gasteiger partial charge in [-0.1, -0.05) is 42.0 Å². The molecule has 2 aromatic rings. The maximum absolute atomic E-state index is 10.7. The minimum absolute atomic E-state index is 0.623. The highest BCUT2D eigenvalue weighted by atomic mass is 16.4. The summed E-state index contributed by atoms with van der Waals surface area (Å²) in [5, 5.41) is 8.77. The van der Waals surface area contributed by atoms with Gasteiger partial charge in [-0.25, -0.2) is 9.78 Å². The van der Waals surface area contributed by atoms with Crippen LogP contribution in [-0.4, -0.2) is 41.6 Å². The van der Waals surface area contributed by atoms with Crippen molar-refractivity contribution >= 4 is 17.6 Å². The molecule has 0 bridgehead atoms. The molecule has 0 radical (unpaired) electrons. The van der Waals surface area contributed by atoms with Crippen LogP contribution in [-0.2, 0) is 4.79 Å². The van der Waals surface area contributed by atoms with Gasteiger partial charge in [0.2, 0.25) is 0 Å². The SMILES string of the molecule is Cc1ccc(/C(=C\CN(C)C)c2cccc(/C=C/C(=O)O)n2)cc1. The number of carboxylic acid groups (broad SMARTS) is 1. The Labute approximate surface area is 142 Å². The molecule has 4 heteroatoms. The van der Waals surface area contributed by atoms with Gasteiger partial charge in [-0.05, 0) is 44.8 Å². The van der Waals surface area contributed by atoms with Crippen LogP contribution in [0.25, 0.3) is 11.6 Å². The molecule has 0 amide bonds. The van der Waals surface area contributed by atoms with Gasteiger partial charge in [0.1, 0.15) is 0 Å². The number of nitrogens with zero attached hydrogens (tertiary/aromatic N) is 2. The lowest BCUT2D eigenvalue weighted by Crippen LogP contribution is -2.11. The molecule has 124 valence electrons. The average molecular weight is 322 g/mol. The highest BCUT2D eigenvalue weighted by molar-refractivity contribution is 5.85. The Balaban J connectivity index is 2.43. The molecule has 0 aliphatic rings. The van der Waals surface area contributed by atoms with Crippen molar-refractivity contribution in [2.24, 2.45) is 0 Å². The van der Waals surface area contributed by atoms with E-state index in [0.29, 0.717) is 5.69 Å². The molecule has 4 nitrogen and oxygen atoms in total. The zero-order valence-electron chi connectivity index (χ0n) is 14.2. The first-order valence-corrected chi connectivity index (χ1v) is 7.76. The minimum atomic E-state index is -0.982. The predicted molar refractivity (Wildman–Crippen MR) is 97.7 cm³/mol. The standard InChI is InChI=1S/C20H22N2O2/c1-15-7-9-16(10-8-15)18(13-14-22(2)3)19-6-4-5-17(21-19)11-12-20(23)24/h4-13H,14H2,1-3H3,(H,23,24)/b12-11+,18-13+. The van der Waals surface area contributed by atoms with Gasteiger partial charge in [-0.15, -0.1) is 0 Å². The molecular weight excluding hydrogens is 300 g/mol. The molecule has 1 aromatic carbocycles. The van der Waals surface area contributed by atoms with E-state index in [4.69, 9.17) is 5.11 Å². The van der Waals surface area contributed by atoms with Crippen LogP contribution in [0.15, 0.2) is 54.6 Å². The highest BCUT2D eigenvalue weighted by Crippen LogP contribution is 2.23. The summed E-state index contributed by atoms with van der Waals surface area (Å²) in [7, 11) is 4.03. The second-order valence-electron chi connectivity index (χ2n) is 5.87. The van der Waals surface area contributed by atoms with Gasteiger partial charge >= 0.3 is 5.97 Å². The largest absolute Gasteiger partial charge is 0.478 e. The van der Waals surface area contributed by atoms with E-state index in [1.54, 1.807) is 6.07 Å². The molecule has 0 spiro atoms. The number of hydrogen-bond acceptors (Lipinski definition) is 3. The van der Waals surface area contributed by atoms with Crippen molar-refractivity contribution in [2.75, 3.05) is 20.6 Å². The first-order chi connectivity index (χ1) is 11.5. The van der Waals surface area contributed by atoms with Gasteiger partial charge in [0, 0.05) is 18.2 Å². The first kappa shape index (κ1) is 17.6. The van der Waals surface area contributed by atoms with Crippen molar-refractivity contribution in [1.82, 2.24) is 9.88 Å². The summed E-state index contributed by atoms with van der Waals surface area (Å²) in [4.78, 5) is 17.4. The minimum Gasteiger partial charge on any atom is -0.478 e. The number of aromatic nitrogens is 1. The number of carboxylic acids is 1. The van der Waals surface area contributed by atoms with Crippen LogP contribution in [0.5, 0.6) is 0 Å². The lowest BCUT2D eigenvalue weighted by atomic mass is 10.00. The Morgan fingerprint density at radius 3 is 2.50 bits per heavy atom. The summed E-state index contributed by atoms with van der Waals surface area (Å²) in [5.41, 5.74) is 4.78. The van der Waals surface area contributed by atoms with Crippen LogP contribution in [0.3, 0.4) is 0 Å². The topological polar surface area (TPSA) is 53.4 Å². The van der Waals surface area contributed by atoms with Crippen molar-refractivity contribution in [1.29, 1.82) is 0 Å². The fourth-order valence-electron chi connectivity index (χ4n) is 2.23. The van der Waals surface area contributed by atoms with E-state index in [0.717, 1.165) is 29.5 Å². The second-order valence-corrected chi connectivity index (χ2v) is 5.87. The van der Waals surface area contributed by atoms with Crippen LogP contribution >= 0.6 is 0 Å². The zero-order chi connectivity index (χ0) is 17.5. The van der Waals surface area contributed by atoms with Crippen molar-refractivity contribution in [3.63, 3.8) is 0 Å². The molecule has 24 heavy (non-hydrogen) atoms. The number of rotatable bonds is 6. The van der Waals surface area contributed by atoms with E-state index < -0.39 is 5.97 Å². The van der Waals surface area contributed by atoms with E-state index in [1.165, 1.54) is 11.6 Å². The van der Waals surface area contributed by atoms with Gasteiger partial charge in [-0.3, -0.25) is 0 Å². The Hall–Kier alpha value is -2.72. The molecule has 2 rings (SSSR count). The maximum Gasteiger partial charge on any atom is 0.328 e. The molecule has 1 heterocycles. The van der Waals surface area contributed by atoms with E-state index in [9.17, 15) is 4.79 Å². The fourth-order valence-corrected chi connectivity index (χ4v) is 2.23. The molecule has 1 N–H and O–H groups in total. The van der Waals surface area contributed by atoms with Crippen LogP contribution in [0.4, 0.5) is 0 Å². The van der Waals surface area contributed by atoms with Gasteiger partial charge in [0.15, 0.2) is 0 Å². The number of likely N-dealkylation sites (N-methyl/N-ethyl adjacent to an activating group) is 1. The van der Waals surface area contributed by atoms with Gasteiger partial charge in [-0.2, -0.15) is 0 Å². The number of pyridine rings is 1. The quantitative estimate of drug-likeness (QED) is 0.827.